The van der Waals surface area contributed by atoms with Crippen molar-refractivity contribution in [1.82, 2.24) is 9.88 Å². The van der Waals surface area contributed by atoms with E-state index >= 15 is 0 Å². The fraction of sp³-hybridized carbons (Fsp3) is 0.364. The monoisotopic (exact) mass is 253 g/mol. The Labute approximate surface area is 104 Å². The van der Waals surface area contributed by atoms with Crippen LogP contribution in [0.3, 0.4) is 0 Å². The minimum atomic E-state index is -0.354. The third-order valence-electron chi connectivity index (χ3n) is 2.67. The van der Waals surface area contributed by atoms with Crippen LogP contribution in [0.2, 0.25) is 5.02 Å². The largest absolute Gasteiger partial charge is 0.332 e. The Hall–Kier alpha value is -1.62. The Morgan fingerprint density at radius 2 is 2.00 bits per heavy atom. The zero-order valence-electron chi connectivity index (χ0n) is 9.82. The molecule has 1 aliphatic rings. The average molecular weight is 254 g/mol. The van der Waals surface area contributed by atoms with Crippen molar-refractivity contribution < 1.29 is 9.59 Å². The molecule has 3 amide bonds. The summed E-state index contributed by atoms with van der Waals surface area (Å²) in [7, 11) is 1.58. The van der Waals surface area contributed by atoms with Crippen molar-refractivity contribution in [3.63, 3.8) is 0 Å². The molecule has 0 bridgehead atoms. The van der Waals surface area contributed by atoms with Gasteiger partial charge in [-0.2, -0.15) is 0 Å². The molecule has 0 aromatic carbocycles. The number of aromatic nitrogens is 1. The fourth-order valence-corrected chi connectivity index (χ4v) is 1.92. The van der Waals surface area contributed by atoms with E-state index in [0.717, 1.165) is 4.90 Å². The molecule has 17 heavy (non-hydrogen) atoms. The first kappa shape index (κ1) is 11.9. The van der Waals surface area contributed by atoms with Gasteiger partial charge in [-0.05, 0) is 25.5 Å². The van der Waals surface area contributed by atoms with Gasteiger partial charge in [0.25, 0.3) is 5.91 Å². The number of hydrogen-bond acceptors (Lipinski definition) is 3. The first-order valence-corrected chi connectivity index (χ1v) is 5.51. The molecule has 6 heteroatoms. The Kier molecular flexibility index (Phi) is 2.79. The molecule has 90 valence electrons. The van der Waals surface area contributed by atoms with Gasteiger partial charge in [0.05, 0.1) is 10.7 Å². The van der Waals surface area contributed by atoms with Crippen LogP contribution < -0.4 is 4.90 Å². The smallest absolute Gasteiger partial charge is 0.318 e. The average Bonchev–Trinajstić information content (AvgIpc) is 2.48. The van der Waals surface area contributed by atoms with E-state index in [0.29, 0.717) is 22.1 Å². The van der Waals surface area contributed by atoms with Gasteiger partial charge in [0, 0.05) is 7.05 Å². The standard InChI is InChI=1S/C11H12ClN3O2/c1-6-4-8(12)7(2)13-10(6)15-9(16)5-14(3)11(15)17/h4H,5H2,1-3H3. The highest BCUT2D eigenvalue weighted by atomic mass is 35.5. The number of aryl methyl sites for hydroxylation is 2. The summed E-state index contributed by atoms with van der Waals surface area (Å²) in [6, 6.07) is 1.35. The van der Waals surface area contributed by atoms with E-state index in [1.54, 1.807) is 27.0 Å². The van der Waals surface area contributed by atoms with Crippen LogP contribution in [0, 0.1) is 13.8 Å². The van der Waals surface area contributed by atoms with Crippen LogP contribution in [-0.2, 0) is 4.79 Å². The van der Waals surface area contributed by atoms with Crippen LogP contribution >= 0.6 is 11.6 Å². The third-order valence-corrected chi connectivity index (χ3v) is 3.05. The number of likely N-dealkylation sites (N-methyl/N-ethyl adjacent to an activating group) is 1. The van der Waals surface area contributed by atoms with Gasteiger partial charge in [0.15, 0.2) is 0 Å². The van der Waals surface area contributed by atoms with Crippen molar-refractivity contribution >= 4 is 29.4 Å². The SMILES string of the molecule is Cc1cc(Cl)c(C)nc1N1C(=O)CN(C)C1=O. The molecule has 1 aliphatic heterocycles. The summed E-state index contributed by atoms with van der Waals surface area (Å²) >= 11 is 5.93. The molecule has 0 aliphatic carbocycles. The van der Waals surface area contributed by atoms with E-state index in [-0.39, 0.29) is 18.5 Å². The van der Waals surface area contributed by atoms with Gasteiger partial charge in [-0.1, -0.05) is 11.6 Å². The quantitative estimate of drug-likeness (QED) is 0.717. The second-order valence-electron chi connectivity index (χ2n) is 4.06. The Morgan fingerprint density at radius 1 is 1.35 bits per heavy atom. The zero-order valence-corrected chi connectivity index (χ0v) is 10.6. The number of rotatable bonds is 1. The Balaban J connectivity index is 2.51. The number of pyridine rings is 1. The van der Waals surface area contributed by atoms with Crippen LogP contribution in [0.15, 0.2) is 6.07 Å². The first-order valence-electron chi connectivity index (χ1n) is 5.13. The predicted octanol–water partition coefficient (Wildman–Crippen LogP) is 1.75. The van der Waals surface area contributed by atoms with Gasteiger partial charge in [-0.25, -0.2) is 14.7 Å². The second kappa shape index (κ2) is 4.00. The molecule has 1 fully saturated rings. The van der Waals surface area contributed by atoms with Crippen molar-refractivity contribution in [1.29, 1.82) is 0 Å². The van der Waals surface area contributed by atoms with E-state index in [9.17, 15) is 9.59 Å². The van der Waals surface area contributed by atoms with Crippen LogP contribution in [0.25, 0.3) is 0 Å². The Bertz CT molecular complexity index is 516. The van der Waals surface area contributed by atoms with Gasteiger partial charge < -0.3 is 4.90 Å². The van der Waals surface area contributed by atoms with Crippen molar-refractivity contribution in [2.24, 2.45) is 0 Å². The minimum Gasteiger partial charge on any atom is -0.318 e. The molecule has 5 nitrogen and oxygen atoms in total. The number of halogens is 1. The molecule has 0 N–H and O–H groups in total. The summed E-state index contributed by atoms with van der Waals surface area (Å²) in [5.41, 5.74) is 1.31. The van der Waals surface area contributed by atoms with Gasteiger partial charge in [-0.15, -0.1) is 0 Å². The van der Waals surface area contributed by atoms with E-state index in [1.807, 2.05) is 0 Å². The number of anilines is 1. The highest BCUT2D eigenvalue weighted by Crippen LogP contribution is 2.26. The number of carbonyl (C=O) groups is 2. The number of nitrogens with zero attached hydrogens (tertiary/aromatic N) is 3. The van der Waals surface area contributed by atoms with Gasteiger partial charge >= 0.3 is 6.03 Å². The van der Waals surface area contributed by atoms with Crippen LogP contribution in [0.1, 0.15) is 11.3 Å². The van der Waals surface area contributed by atoms with Crippen molar-refractivity contribution in [2.75, 3.05) is 18.5 Å². The van der Waals surface area contributed by atoms with E-state index in [1.165, 1.54) is 4.90 Å². The maximum absolute atomic E-state index is 11.8. The zero-order chi connectivity index (χ0) is 12.7. The Morgan fingerprint density at radius 3 is 2.53 bits per heavy atom. The minimum absolute atomic E-state index is 0.0849. The maximum Gasteiger partial charge on any atom is 0.332 e. The number of amides is 3. The van der Waals surface area contributed by atoms with Crippen molar-refractivity contribution in [3.05, 3.63) is 22.3 Å². The molecule has 0 saturated carbocycles. The number of hydrogen-bond donors (Lipinski definition) is 0. The van der Waals surface area contributed by atoms with Crippen LogP contribution in [0.5, 0.6) is 0 Å². The van der Waals surface area contributed by atoms with E-state index in [2.05, 4.69) is 4.98 Å². The molecule has 0 radical (unpaired) electrons. The van der Waals surface area contributed by atoms with Crippen molar-refractivity contribution in [2.45, 2.75) is 13.8 Å². The summed E-state index contributed by atoms with van der Waals surface area (Å²) in [6.07, 6.45) is 0. The lowest BCUT2D eigenvalue weighted by atomic mass is 10.2. The van der Waals surface area contributed by atoms with Crippen LogP contribution in [-0.4, -0.2) is 35.4 Å². The molecule has 1 saturated heterocycles. The topological polar surface area (TPSA) is 53.5 Å². The molecule has 0 unspecified atom stereocenters. The molecule has 2 rings (SSSR count). The third kappa shape index (κ3) is 1.86. The molecular formula is C11H12ClN3O2. The summed E-state index contributed by atoms with van der Waals surface area (Å²) in [6.45, 7) is 3.59. The summed E-state index contributed by atoms with van der Waals surface area (Å²) in [5, 5.41) is 0.527. The highest BCUT2D eigenvalue weighted by molar-refractivity contribution is 6.31. The van der Waals surface area contributed by atoms with Gasteiger partial charge in [0.2, 0.25) is 0 Å². The molecule has 0 atom stereocenters. The molecule has 1 aromatic rings. The van der Waals surface area contributed by atoms with E-state index < -0.39 is 0 Å². The number of imide groups is 1. The normalized spacial score (nSPS) is 16.0. The lowest BCUT2D eigenvalue weighted by Crippen LogP contribution is -2.32. The number of carbonyl (C=O) groups excluding carboxylic acids is 2. The van der Waals surface area contributed by atoms with Gasteiger partial charge in [0.1, 0.15) is 12.4 Å². The second-order valence-corrected chi connectivity index (χ2v) is 4.47. The van der Waals surface area contributed by atoms with E-state index in [4.69, 9.17) is 11.6 Å². The number of urea groups is 1. The lowest BCUT2D eigenvalue weighted by molar-refractivity contribution is -0.116. The molecule has 1 aromatic heterocycles. The van der Waals surface area contributed by atoms with Gasteiger partial charge in [-0.3, -0.25) is 4.79 Å². The summed E-state index contributed by atoms with van der Waals surface area (Å²) < 4.78 is 0. The predicted molar refractivity (Wildman–Crippen MR) is 64.2 cm³/mol. The summed E-state index contributed by atoms with van der Waals surface area (Å²) in [4.78, 5) is 30.2. The van der Waals surface area contributed by atoms with Crippen LogP contribution in [0.4, 0.5) is 10.6 Å². The molecule has 0 spiro atoms. The first-order chi connectivity index (χ1) is 7.91. The molecule has 2 heterocycles. The fourth-order valence-electron chi connectivity index (χ4n) is 1.71. The highest BCUT2D eigenvalue weighted by Gasteiger charge is 2.36. The lowest BCUT2D eigenvalue weighted by Gasteiger charge is -2.16. The maximum atomic E-state index is 11.8. The summed E-state index contributed by atoms with van der Waals surface area (Å²) in [5.74, 6) is 0.0982. The van der Waals surface area contributed by atoms with Crippen molar-refractivity contribution in [3.8, 4) is 0 Å². The molecular weight excluding hydrogens is 242 g/mol.